The maximum Gasteiger partial charge on any atom is 0.178 e. The van der Waals surface area contributed by atoms with Crippen LogP contribution in [0.2, 0.25) is 0 Å². The lowest BCUT2D eigenvalue weighted by Gasteiger charge is -2.06. The number of carbonyl (C=O) groups excluding carboxylic acids is 2. The predicted molar refractivity (Wildman–Crippen MR) is 74.4 cm³/mol. The minimum absolute atomic E-state index is 0.142. The fraction of sp³-hybridized carbons (Fsp3) is 0.188. The van der Waals surface area contributed by atoms with Gasteiger partial charge in [-0.15, -0.1) is 0 Å². The maximum atomic E-state index is 11.5. The van der Waals surface area contributed by atoms with Crippen molar-refractivity contribution in [2.45, 2.75) is 20.8 Å². The molecule has 1 aromatic carbocycles. The quantitative estimate of drug-likeness (QED) is 0.787. The number of ketones is 2. The van der Waals surface area contributed by atoms with Crippen molar-refractivity contribution in [1.82, 2.24) is 4.98 Å². The highest BCUT2D eigenvalue weighted by Crippen LogP contribution is 2.22. The van der Waals surface area contributed by atoms with Crippen LogP contribution in [0.3, 0.4) is 0 Å². The van der Waals surface area contributed by atoms with Gasteiger partial charge in [-0.2, -0.15) is 0 Å². The molecule has 2 rings (SSSR count). The minimum Gasteiger partial charge on any atom is -0.293 e. The highest BCUT2D eigenvalue weighted by molar-refractivity contribution is 5.98. The first-order chi connectivity index (χ1) is 8.97. The number of aromatic nitrogens is 1. The normalized spacial score (nSPS) is 10.3. The Balaban J connectivity index is 2.59. The van der Waals surface area contributed by atoms with Gasteiger partial charge in [0.2, 0.25) is 0 Å². The van der Waals surface area contributed by atoms with Crippen molar-refractivity contribution in [3.63, 3.8) is 0 Å². The third-order valence-corrected chi connectivity index (χ3v) is 2.93. The Bertz CT molecular complexity index is 610. The van der Waals surface area contributed by atoms with Crippen LogP contribution in [0.4, 0.5) is 0 Å². The number of nitrogens with zero attached hydrogens (tertiary/aromatic N) is 1. The van der Waals surface area contributed by atoms with Crippen LogP contribution < -0.4 is 0 Å². The van der Waals surface area contributed by atoms with Crippen LogP contribution in [-0.2, 0) is 0 Å². The molecule has 0 N–H and O–H groups in total. The number of hydrogen-bond donors (Lipinski definition) is 0. The van der Waals surface area contributed by atoms with Gasteiger partial charge in [-0.05, 0) is 30.2 Å². The van der Waals surface area contributed by atoms with E-state index in [-0.39, 0.29) is 11.6 Å². The fourth-order valence-electron chi connectivity index (χ4n) is 1.80. The van der Waals surface area contributed by atoms with E-state index >= 15 is 0 Å². The molecule has 0 saturated carbocycles. The number of hydrogen-bond acceptors (Lipinski definition) is 3. The summed E-state index contributed by atoms with van der Waals surface area (Å²) in [6, 6.07) is 11.4. The summed E-state index contributed by atoms with van der Waals surface area (Å²) in [5, 5.41) is 0. The van der Waals surface area contributed by atoms with Crippen molar-refractivity contribution in [3.8, 4) is 11.1 Å². The Hall–Kier alpha value is -2.29. The molecule has 19 heavy (non-hydrogen) atoms. The van der Waals surface area contributed by atoms with E-state index in [0.29, 0.717) is 11.4 Å². The standard InChI is InChI=1S/C16H15NO2/c1-10-4-6-13(7-5-10)14-8-15(11(2)18)17-16(9-14)12(3)19/h4-9H,1-3H3. The summed E-state index contributed by atoms with van der Waals surface area (Å²) in [6.45, 7) is 4.91. The van der Waals surface area contributed by atoms with Crippen molar-refractivity contribution in [2.24, 2.45) is 0 Å². The number of benzene rings is 1. The monoisotopic (exact) mass is 253 g/mol. The lowest BCUT2D eigenvalue weighted by molar-refractivity contribution is 0.101. The molecule has 0 spiro atoms. The van der Waals surface area contributed by atoms with Crippen LogP contribution in [0, 0.1) is 6.92 Å². The van der Waals surface area contributed by atoms with E-state index < -0.39 is 0 Å². The summed E-state index contributed by atoms with van der Waals surface area (Å²) < 4.78 is 0. The van der Waals surface area contributed by atoms with Gasteiger partial charge in [-0.3, -0.25) is 9.59 Å². The summed E-state index contributed by atoms with van der Waals surface area (Å²) >= 11 is 0. The van der Waals surface area contributed by atoms with Crippen molar-refractivity contribution in [1.29, 1.82) is 0 Å². The Morgan fingerprint density at radius 3 is 1.74 bits per heavy atom. The summed E-state index contributed by atoms with van der Waals surface area (Å²) in [6.07, 6.45) is 0. The average Bonchev–Trinajstić information content (AvgIpc) is 2.39. The van der Waals surface area contributed by atoms with Crippen LogP contribution in [-0.4, -0.2) is 16.6 Å². The third kappa shape index (κ3) is 2.94. The van der Waals surface area contributed by atoms with Crippen molar-refractivity contribution < 1.29 is 9.59 Å². The molecule has 0 bridgehead atoms. The zero-order valence-electron chi connectivity index (χ0n) is 11.2. The molecule has 0 saturated heterocycles. The smallest absolute Gasteiger partial charge is 0.178 e. The largest absolute Gasteiger partial charge is 0.293 e. The van der Waals surface area contributed by atoms with Crippen molar-refractivity contribution in [2.75, 3.05) is 0 Å². The zero-order valence-corrected chi connectivity index (χ0v) is 11.2. The molecular weight excluding hydrogens is 238 g/mol. The number of carbonyl (C=O) groups is 2. The van der Waals surface area contributed by atoms with Crippen molar-refractivity contribution in [3.05, 3.63) is 53.3 Å². The molecule has 3 nitrogen and oxygen atoms in total. The zero-order chi connectivity index (χ0) is 14.0. The first-order valence-electron chi connectivity index (χ1n) is 6.08. The molecule has 0 unspecified atom stereocenters. The fourth-order valence-corrected chi connectivity index (χ4v) is 1.80. The average molecular weight is 253 g/mol. The van der Waals surface area contributed by atoms with E-state index in [2.05, 4.69) is 4.98 Å². The molecule has 0 atom stereocenters. The van der Waals surface area contributed by atoms with Crippen LogP contribution in [0.15, 0.2) is 36.4 Å². The second-order valence-electron chi connectivity index (χ2n) is 4.60. The Morgan fingerprint density at radius 1 is 0.842 bits per heavy atom. The van der Waals surface area contributed by atoms with E-state index in [1.54, 1.807) is 12.1 Å². The predicted octanol–water partition coefficient (Wildman–Crippen LogP) is 3.46. The van der Waals surface area contributed by atoms with Crippen LogP contribution in [0.25, 0.3) is 11.1 Å². The van der Waals surface area contributed by atoms with Crippen molar-refractivity contribution >= 4 is 11.6 Å². The highest BCUT2D eigenvalue weighted by Gasteiger charge is 2.10. The Kier molecular flexibility index (Phi) is 3.56. The molecule has 3 heteroatoms. The molecule has 0 aliphatic heterocycles. The van der Waals surface area contributed by atoms with E-state index in [4.69, 9.17) is 0 Å². The molecule has 1 heterocycles. The van der Waals surface area contributed by atoms with Gasteiger partial charge in [-0.1, -0.05) is 29.8 Å². The molecule has 2 aromatic rings. The summed E-state index contributed by atoms with van der Waals surface area (Å²) in [5.74, 6) is -0.284. The van der Waals surface area contributed by atoms with Gasteiger partial charge in [0.25, 0.3) is 0 Å². The van der Waals surface area contributed by atoms with E-state index in [0.717, 1.165) is 16.7 Å². The topological polar surface area (TPSA) is 47.0 Å². The molecule has 96 valence electrons. The first-order valence-corrected chi connectivity index (χ1v) is 6.08. The number of Topliss-reactive ketones (excluding diaryl/α,β-unsaturated/α-hetero) is 2. The van der Waals surface area contributed by atoms with Gasteiger partial charge in [0.05, 0.1) is 0 Å². The lowest BCUT2D eigenvalue weighted by Crippen LogP contribution is -2.04. The van der Waals surface area contributed by atoms with Gasteiger partial charge in [0.15, 0.2) is 11.6 Å². The minimum atomic E-state index is -0.142. The molecule has 1 aromatic heterocycles. The lowest BCUT2D eigenvalue weighted by atomic mass is 10.0. The Morgan fingerprint density at radius 2 is 1.32 bits per heavy atom. The number of pyridine rings is 1. The van der Waals surface area contributed by atoms with E-state index in [1.165, 1.54) is 13.8 Å². The number of rotatable bonds is 3. The molecule has 0 amide bonds. The van der Waals surface area contributed by atoms with Crippen LogP contribution in [0.1, 0.15) is 40.4 Å². The number of aryl methyl sites for hydroxylation is 1. The van der Waals surface area contributed by atoms with Gasteiger partial charge in [0, 0.05) is 13.8 Å². The maximum absolute atomic E-state index is 11.5. The first kappa shape index (κ1) is 13.1. The molecular formula is C16H15NO2. The second kappa shape index (κ2) is 5.14. The molecule has 0 aliphatic carbocycles. The van der Waals surface area contributed by atoms with Crippen LogP contribution >= 0.6 is 0 Å². The molecule has 0 fully saturated rings. The summed E-state index contributed by atoms with van der Waals surface area (Å²) in [7, 11) is 0. The van der Waals surface area contributed by atoms with Gasteiger partial charge >= 0.3 is 0 Å². The summed E-state index contributed by atoms with van der Waals surface area (Å²) in [5.41, 5.74) is 3.62. The SMILES string of the molecule is CC(=O)c1cc(-c2ccc(C)cc2)cc(C(C)=O)n1. The molecule has 0 aliphatic rings. The van der Waals surface area contributed by atoms with Gasteiger partial charge in [0.1, 0.15) is 11.4 Å². The van der Waals surface area contributed by atoms with Crippen LogP contribution in [0.5, 0.6) is 0 Å². The summed E-state index contributed by atoms with van der Waals surface area (Å²) in [4.78, 5) is 27.0. The Labute approximate surface area is 112 Å². The van der Waals surface area contributed by atoms with E-state index in [9.17, 15) is 9.59 Å². The second-order valence-corrected chi connectivity index (χ2v) is 4.60. The van der Waals surface area contributed by atoms with E-state index in [1.807, 2.05) is 31.2 Å². The van der Waals surface area contributed by atoms with Gasteiger partial charge in [-0.25, -0.2) is 4.98 Å². The molecule has 0 radical (unpaired) electrons. The van der Waals surface area contributed by atoms with Gasteiger partial charge < -0.3 is 0 Å². The highest BCUT2D eigenvalue weighted by atomic mass is 16.1. The third-order valence-electron chi connectivity index (χ3n) is 2.93.